The van der Waals surface area contributed by atoms with Crippen molar-refractivity contribution < 1.29 is 9.53 Å². The van der Waals surface area contributed by atoms with E-state index in [0.29, 0.717) is 12.3 Å². The Morgan fingerprint density at radius 3 is 3.00 bits per heavy atom. The van der Waals surface area contributed by atoms with Crippen molar-refractivity contribution in [3.05, 3.63) is 24.0 Å². The SMILES string of the molecule is CNc1ccnc(C(=O)N(C)C2CCOC2C)c1. The lowest BCUT2D eigenvalue weighted by atomic mass is 10.1. The zero-order valence-electron chi connectivity index (χ0n) is 11.0. The zero-order valence-corrected chi connectivity index (χ0v) is 11.0. The first-order valence-electron chi connectivity index (χ1n) is 6.16. The van der Waals surface area contributed by atoms with Gasteiger partial charge in [-0.05, 0) is 25.5 Å². The van der Waals surface area contributed by atoms with Crippen molar-refractivity contribution in [3.8, 4) is 0 Å². The van der Waals surface area contributed by atoms with Crippen LogP contribution in [-0.4, -0.2) is 48.6 Å². The number of hydrogen-bond donors (Lipinski definition) is 1. The van der Waals surface area contributed by atoms with Gasteiger partial charge in [-0.1, -0.05) is 0 Å². The molecule has 2 unspecified atom stereocenters. The van der Waals surface area contributed by atoms with Gasteiger partial charge in [0.2, 0.25) is 0 Å². The number of likely N-dealkylation sites (N-methyl/N-ethyl adjacent to an activating group) is 1. The molecule has 1 aliphatic heterocycles. The van der Waals surface area contributed by atoms with Crippen LogP contribution in [-0.2, 0) is 4.74 Å². The maximum atomic E-state index is 12.3. The fraction of sp³-hybridized carbons (Fsp3) is 0.538. The number of hydrogen-bond acceptors (Lipinski definition) is 4. The van der Waals surface area contributed by atoms with Crippen LogP contribution < -0.4 is 5.32 Å². The Morgan fingerprint density at radius 2 is 2.39 bits per heavy atom. The number of rotatable bonds is 3. The summed E-state index contributed by atoms with van der Waals surface area (Å²) in [6.45, 7) is 2.71. The molecule has 0 spiro atoms. The number of nitrogens with one attached hydrogen (secondary N) is 1. The number of aromatic nitrogens is 1. The standard InChI is InChI=1S/C13H19N3O2/c1-9-12(5-7-18-9)16(3)13(17)11-8-10(14-2)4-6-15-11/h4,6,8-9,12H,5,7H2,1-3H3,(H,14,15). The first-order valence-corrected chi connectivity index (χ1v) is 6.16. The lowest BCUT2D eigenvalue weighted by Crippen LogP contribution is -2.41. The van der Waals surface area contributed by atoms with Gasteiger partial charge in [0.05, 0.1) is 12.1 Å². The highest BCUT2D eigenvalue weighted by Gasteiger charge is 2.31. The molecular formula is C13H19N3O2. The highest BCUT2D eigenvalue weighted by atomic mass is 16.5. The van der Waals surface area contributed by atoms with E-state index in [2.05, 4.69) is 10.3 Å². The minimum absolute atomic E-state index is 0.0607. The van der Waals surface area contributed by atoms with Crippen molar-refractivity contribution in [2.45, 2.75) is 25.5 Å². The normalized spacial score (nSPS) is 22.8. The number of amides is 1. The van der Waals surface area contributed by atoms with Crippen LogP contribution in [0.1, 0.15) is 23.8 Å². The van der Waals surface area contributed by atoms with Crippen molar-refractivity contribution in [3.63, 3.8) is 0 Å². The fourth-order valence-corrected chi connectivity index (χ4v) is 2.26. The minimum atomic E-state index is -0.0607. The highest BCUT2D eigenvalue weighted by Crippen LogP contribution is 2.20. The number of carbonyl (C=O) groups is 1. The Morgan fingerprint density at radius 1 is 1.61 bits per heavy atom. The first-order chi connectivity index (χ1) is 8.63. The number of ether oxygens (including phenoxy) is 1. The van der Waals surface area contributed by atoms with Crippen molar-refractivity contribution in [2.24, 2.45) is 0 Å². The van der Waals surface area contributed by atoms with Crippen molar-refractivity contribution in [2.75, 3.05) is 26.0 Å². The van der Waals surface area contributed by atoms with Gasteiger partial charge in [0.15, 0.2) is 0 Å². The number of carbonyl (C=O) groups excluding carboxylic acids is 1. The van der Waals surface area contributed by atoms with Gasteiger partial charge in [-0.2, -0.15) is 0 Å². The maximum absolute atomic E-state index is 12.3. The number of pyridine rings is 1. The van der Waals surface area contributed by atoms with Crippen LogP contribution >= 0.6 is 0 Å². The molecule has 1 aromatic heterocycles. The molecule has 2 rings (SSSR count). The Bertz CT molecular complexity index is 436. The molecule has 98 valence electrons. The third-order valence-corrected chi connectivity index (χ3v) is 3.42. The second kappa shape index (κ2) is 5.35. The van der Waals surface area contributed by atoms with Crippen LogP contribution in [0.5, 0.6) is 0 Å². The quantitative estimate of drug-likeness (QED) is 0.879. The molecule has 18 heavy (non-hydrogen) atoms. The lowest BCUT2D eigenvalue weighted by Gasteiger charge is -2.26. The van der Waals surface area contributed by atoms with Gasteiger partial charge in [0.1, 0.15) is 5.69 Å². The van der Waals surface area contributed by atoms with E-state index in [1.54, 1.807) is 17.2 Å². The predicted octanol–water partition coefficient (Wildman–Crippen LogP) is 1.37. The monoisotopic (exact) mass is 249 g/mol. The highest BCUT2D eigenvalue weighted by molar-refractivity contribution is 5.93. The van der Waals surface area contributed by atoms with Crippen LogP contribution in [0.25, 0.3) is 0 Å². The van der Waals surface area contributed by atoms with E-state index in [4.69, 9.17) is 4.74 Å². The van der Waals surface area contributed by atoms with E-state index >= 15 is 0 Å². The van der Waals surface area contributed by atoms with Gasteiger partial charge in [0.25, 0.3) is 5.91 Å². The van der Waals surface area contributed by atoms with Gasteiger partial charge < -0.3 is 15.0 Å². The summed E-state index contributed by atoms with van der Waals surface area (Å²) in [6, 6.07) is 3.73. The van der Waals surface area contributed by atoms with E-state index in [1.165, 1.54) is 0 Å². The van der Waals surface area contributed by atoms with Gasteiger partial charge in [-0.3, -0.25) is 9.78 Å². The summed E-state index contributed by atoms with van der Waals surface area (Å²) in [6.07, 6.45) is 2.61. The molecule has 1 aliphatic rings. The Labute approximate surface area is 107 Å². The third-order valence-electron chi connectivity index (χ3n) is 3.42. The summed E-state index contributed by atoms with van der Waals surface area (Å²) < 4.78 is 5.49. The fourth-order valence-electron chi connectivity index (χ4n) is 2.26. The van der Waals surface area contributed by atoms with Gasteiger partial charge in [-0.15, -0.1) is 0 Å². The third kappa shape index (κ3) is 2.46. The average Bonchev–Trinajstić information content (AvgIpc) is 2.83. The Hall–Kier alpha value is -1.62. The van der Waals surface area contributed by atoms with Crippen LogP contribution in [0.15, 0.2) is 18.3 Å². The summed E-state index contributed by atoms with van der Waals surface area (Å²) in [5.74, 6) is -0.0607. The summed E-state index contributed by atoms with van der Waals surface area (Å²) >= 11 is 0. The maximum Gasteiger partial charge on any atom is 0.272 e. The number of nitrogens with zero attached hydrogens (tertiary/aromatic N) is 2. The number of anilines is 1. The molecule has 1 N–H and O–H groups in total. The molecule has 0 aromatic carbocycles. The van der Waals surface area contributed by atoms with Gasteiger partial charge >= 0.3 is 0 Å². The molecular weight excluding hydrogens is 230 g/mol. The Kier molecular flexibility index (Phi) is 3.81. The van der Waals surface area contributed by atoms with Crippen LogP contribution in [0.3, 0.4) is 0 Å². The second-order valence-electron chi connectivity index (χ2n) is 4.53. The van der Waals surface area contributed by atoms with E-state index in [9.17, 15) is 4.79 Å². The largest absolute Gasteiger partial charge is 0.388 e. The average molecular weight is 249 g/mol. The molecule has 1 amide bonds. The molecule has 5 heteroatoms. The lowest BCUT2D eigenvalue weighted by molar-refractivity contribution is 0.0570. The summed E-state index contributed by atoms with van der Waals surface area (Å²) in [5.41, 5.74) is 1.35. The molecule has 2 heterocycles. The molecule has 0 bridgehead atoms. The molecule has 1 fully saturated rings. The molecule has 1 aromatic rings. The molecule has 0 aliphatic carbocycles. The topological polar surface area (TPSA) is 54.5 Å². The first kappa shape index (κ1) is 12.8. The van der Waals surface area contributed by atoms with E-state index in [0.717, 1.165) is 12.1 Å². The summed E-state index contributed by atoms with van der Waals surface area (Å²) in [5, 5.41) is 3.00. The van der Waals surface area contributed by atoms with Gasteiger partial charge in [0, 0.05) is 32.6 Å². The Balaban J connectivity index is 2.14. The van der Waals surface area contributed by atoms with Crippen LogP contribution in [0.4, 0.5) is 5.69 Å². The predicted molar refractivity (Wildman–Crippen MR) is 69.7 cm³/mol. The molecule has 0 radical (unpaired) electrons. The molecule has 0 saturated carbocycles. The minimum Gasteiger partial charge on any atom is -0.388 e. The van der Waals surface area contributed by atoms with Crippen molar-refractivity contribution in [1.82, 2.24) is 9.88 Å². The molecule has 5 nitrogen and oxygen atoms in total. The van der Waals surface area contributed by atoms with Crippen LogP contribution in [0.2, 0.25) is 0 Å². The van der Waals surface area contributed by atoms with E-state index in [1.807, 2.05) is 27.1 Å². The molecule has 2 atom stereocenters. The van der Waals surface area contributed by atoms with Gasteiger partial charge in [-0.25, -0.2) is 0 Å². The van der Waals surface area contributed by atoms with Crippen LogP contribution in [0, 0.1) is 0 Å². The smallest absolute Gasteiger partial charge is 0.272 e. The second-order valence-corrected chi connectivity index (χ2v) is 4.53. The summed E-state index contributed by atoms with van der Waals surface area (Å²) in [7, 11) is 3.63. The van der Waals surface area contributed by atoms with Crippen molar-refractivity contribution in [1.29, 1.82) is 0 Å². The molecule has 1 saturated heterocycles. The van der Waals surface area contributed by atoms with Crippen molar-refractivity contribution >= 4 is 11.6 Å². The zero-order chi connectivity index (χ0) is 13.1. The van der Waals surface area contributed by atoms with E-state index < -0.39 is 0 Å². The summed E-state index contributed by atoms with van der Waals surface area (Å²) in [4.78, 5) is 18.2. The van der Waals surface area contributed by atoms with E-state index in [-0.39, 0.29) is 18.1 Å².